The molecule has 1 aromatic heterocycles. The van der Waals surface area contributed by atoms with E-state index < -0.39 is 18.0 Å². The van der Waals surface area contributed by atoms with Gasteiger partial charge in [-0.3, -0.25) is 9.78 Å². The third-order valence-electron chi connectivity index (χ3n) is 4.00. The maximum Gasteiger partial charge on any atom is 0.359 e. The van der Waals surface area contributed by atoms with Crippen molar-refractivity contribution in [3.8, 4) is 5.75 Å². The summed E-state index contributed by atoms with van der Waals surface area (Å²) in [6.45, 7) is 4.07. The molecular weight excluding hydrogens is 370 g/mol. The number of nitrogens with one attached hydrogen (secondary N) is 1. The molecule has 3 rings (SSSR count). The summed E-state index contributed by atoms with van der Waals surface area (Å²) in [5, 5.41) is 2.78. The summed E-state index contributed by atoms with van der Waals surface area (Å²) in [5.74, 6) is -0.706. The van der Waals surface area contributed by atoms with E-state index in [9.17, 15) is 9.59 Å². The highest BCUT2D eigenvalue weighted by molar-refractivity contribution is 5.98. The van der Waals surface area contributed by atoms with E-state index >= 15 is 0 Å². The molecule has 7 heteroatoms. The summed E-state index contributed by atoms with van der Waals surface area (Å²) in [6.07, 6.45) is 1.62. The van der Waals surface area contributed by atoms with E-state index in [1.165, 1.54) is 12.4 Å². The van der Waals surface area contributed by atoms with E-state index in [1.54, 1.807) is 49.4 Å². The highest BCUT2D eigenvalue weighted by Gasteiger charge is 2.27. The van der Waals surface area contributed by atoms with Crippen molar-refractivity contribution in [2.45, 2.75) is 20.0 Å². The topological polar surface area (TPSA) is 90.4 Å². The highest BCUT2D eigenvalue weighted by Crippen LogP contribution is 2.27. The Hall–Kier alpha value is -3.74. The Morgan fingerprint density at radius 2 is 1.72 bits per heavy atom. The van der Waals surface area contributed by atoms with E-state index in [1.807, 2.05) is 19.1 Å². The number of aromatic nitrogens is 2. The van der Waals surface area contributed by atoms with Gasteiger partial charge in [-0.1, -0.05) is 42.5 Å². The van der Waals surface area contributed by atoms with Gasteiger partial charge in [-0.05, 0) is 26.0 Å². The van der Waals surface area contributed by atoms with Gasteiger partial charge in [0.2, 0.25) is 6.10 Å². The minimum atomic E-state index is -1.17. The van der Waals surface area contributed by atoms with Gasteiger partial charge in [-0.15, -0.1) is 0 Å². The van der Waals surface area contributed by atoms with Crippen LogP contribution in [0.3, 0.4) is 0 Å². The molecule has 0 aliphatic heterocycles. The molecule has 29 heavy (non-hydrogen) atoms. The van der Waals surface area contributed by atoms with Crippen LogP contribution in [0.25, 0.3) is 0 Å². The van der Waals surface area contributed by atoms with Crippen LogP contribution < -0.4 is 10.1 Å². The number of benzene rings is 2. The lowest BCUT2D eigenvalue weighted by Crippen LogP contribution is -2.26. The van der Waals surface area contributed by atoms with E-state index in [-0.39, 0.29) is 5.69 Å². The van der Waals surface area contributed by atoms with Crippen molar-refractivity contribution in [2.24, 2.45) is 0 Å². The molecule has 0 saturated heterocycles. The van der Waals surface area contributed by atoms with Gasteiger partial charge in [0.25, 0.3) is 5.91 Å². The van der Waals surface area contributed by atoms with Crippen molar-refractivity contribution < 1.29 is 19.1 Å². The Morgan fingerprint density at radius 3 is 2.41 bits per heavy atom. The first kappa shape index (κ1) is 20.0. The molecule has 0 spiro atoms. The number of anilines is 1. The Bertz CT molecular complexity index is 975. The number of aryl methyl sites for hydroxylation is 1. The summed E-state index contributed by atoms with van der Waals surface area (Å²) in [7, 11) is 0. The zero-order valence-electron chi connectivity index (χ0n) is 16.2. The molecule has 7 nitrogen and oxygen atoms in total. The lowest BCUT2D eigenvalue weighted by Gasteiger charge is -2.19. The van der Waals surface area contributed by atoms with Crippen molar-refractivity contribution in [3.05, 3.63) is 83.9 Å². The first-order valence-corrected chi connectivity index (χ1v) is 9.15. The van der Waals surface area contributed by atoms with Gasteiger partial charge in [0, 0.05) is 11.8 Å². The van der Waals surface area contributed by atoms with Gasteiger partial charge in [-0.2, -0.15) is 0 Å². The Balaban J connectivity index is 1.85. The van der Waals surface area contributed by atoms with E-state index in [0.717, 1.165) is 0 Å². The Morgan fingerprint density at radius 1 is 1.00 bits per heavy atom. The van der Waals surface area contributed by atoms with E-state index in [2.05, 4.69) is 15.3 Å². The van der Waals surface area contributed by atoms with Crippen LogP contribution in [0, 0.1) is 6.92 Å². The second kappa shape index (κ2) is 9.45. The summed E-state index contributed by atoms with van der Waals surface area (Å²) in [6, 6.07) is 15.8. The number of nitrogens with zero attached hydrogens (tertiary/aromatic N) is 2. The molecule has 0 fully saturated rings. The van der Waals surface area contributed by atoms with Crippen LogP contribution in [0.2, 0.25) is 0 Å². The molecule has 1 N–H and O–H groups in total. The minimum Gasteiger partial charge on any atom is -0.492 e. The van der Waals surface area contributed by atoms with Gasteiger partial charge in [0.1, 0.15) is 5.75 Å². The van der Waals surface area contributed by atoms with Crippen molar-refractivity contribution in [3.63, 3.8) is 0 Å². The first-order chi connectivity index (χ1) is 14.1. The Kier molecular flexibility index (Phi) is 6.52. The lowest BCUT2D eigenvalue weighted by molar-refractivity contribution is -0.125. The van der Waals surface area contributed by atoms with Crippen LogP contribution in [0.15, 0.2) is 67.0 Å². The molecule has 148 valence electrons. The van der Waals surface area contributed by atoms with E-state index in [0.29, 0.717) is 29.3 Å². The largest absolute Gasteiger partial charge is 0.492 e. The van der Waals surface area contributed by atoms with Crippen LogP contribution in [0.1, 0.15) is 34.8 Å². The lowest BCUT2D eigenvalue weighted by atomic mass is 10.1. The van der Waals surface area contributed by atoms with E-state index in [4.69, 9.17) is 9.47 Å². The number of esters is 1. The highest BCUT2D eigenvalue weighted by atomic mass is 16.5. The van der Waals surface area contributed by atoms with Crippen molar-refractivity contribution >= 4 is 17.6 Å². The normalized spacial score (nSPS) is 11.4. The minimum absolute atomic E-state index is 0.0269. The second-order valence-electron chi connectivity index (χ2n) is 6.16. The third kappa shape index (κ3) is 5.16. The molecule has 1 atom stereocenters. The first-order valence-electron chi connectivity index (χ1n) is 9.15. The zero-order valence-corrected chi connectivity index (χ0v) is 16.2. The molecule has 0 saturated carbocycles. The summed E-state index contributed by atoms with van der Waals surface area (Å²) in [4.78, 5) is 33.6. The molecule has 0 aliphatic rings. The number of rotatable bonds is 7. The number of hydrogen-bond donors (Lipinski definition) is 1. The zero-order chi connectivity index (χ0) is 20.6. The van der Waals surface area contributed by atoms with Crippen LogP contribution in [0.4, 0.5) is 5.69 Å². The molecule has 0 radical (unpaired) electrons. The molecule has 1 heterocycles. The van der Waals surface area contributed by atoms with Crippen molar-refractivity contribution in [1.29, 1.82) is 0 Å². The monoisotopic (exact) mass is 391 g/mol. The third-order valence-corrected chi connectivity index (χ3v) is 4.00. The van der Waals surface area contributed by atoms with Gasteiger partial charge < -0.3 is 14.8 Å². The standard InChI is InChI=1S/C22H21N3O4/c1-3-28-19-12-8-7-11-17(19)25-21(26)20(16-9-5-4-6-10-16)29-22(27)18-14-23-15(2)13-24-18/h4-14,20H,3H2,1-2H3,(H,25,26)/t20-/m0/s1. The smallest absolute Gasteiger partial charge is 0.359 e. The molecule has 0 unspecified atom stereocenters. The SMILES string of the molecule is CCOc1ccccc1NC(=O)[C@@H](OC(=O)c1cnc(C)cn1)c1ccccc1. The molecule has 2 aromatic carbocycles. The quantitative estimate of drug-likeness (QED) is 0.618. The van der Waals surface area contributed by atoms with Crippen LogP contribution >= 0.6 is 0 Å². The molecular formula is C22H21N3O4. The number of amides is 1. The fourth-order valence-corrected chi connectivity index (χ4v) is 2.62. The maximum absolute atomic E-state index is 13.0. The van der Waals surface area contributed by atoms with Crippen LogP contribution in [0.5, 0.6) is 5.75 Å². The predicted molar refractivity (Wildman–Crippen MR) is 108 cm³/mol. The number of hydrogen-bond acceptors (Lipinski definition) is 6. The molecule has 1 amide bonds. The maximum atomic E-state index is 13.0. The van der Waals surface area contributed by atoms with Gasteiger partial charge in [-0.25, -0.2) is 9.78 Å². The van der Waals surface area contributed by atoms with Crippen LogP contribution in [-0.2, 0) is 9.53 Å². The van der Waals surface area contributed by atoms with Crippen molar-refractivity contribution in [2.75, 3.05) is 11.9 Å². The second-order valence-corrected chi connectivity index (χ2v) is 6.16. The molecule has 0 aliphatic carbocycles. The van der Waals surface area contributed by atoms with Gasteiger partial charge in [0.05, 0.1) is 24.2 Å². The average molecular weight is 391 g/mol. The number of ether oxygens (including phenoxy) is 2. The van der Waals surface area contributed by atoms with Gasteiger partial charge >= 0.3 is 5.97 Å². The molecule has 3 aromatic rings. The van der Waals surface area contributed by atoms with Crippen molar-refractivity contribution in [1.82, 2.24) is 9.97 Å². The number of carbonyl (C=O) groups is 2. The van der Waals surface area contributed by atoms with Gasteiger partial charge in [0.15, 0.2) is 5.69 Å². The summed E-state index contributed by atoms with van der Waals surface area (Å²) >= 11 is 0. The Labute approximate surface area is 168 Å². The average Bonchev–Trinajstić information content (AvgIpc) is 2.74. The fraction of sp³-hybridized carbons (Fsp3) is 0.182. The summed E-state index contributed by atoms with van der Waals surface area (Å²) < 4.78 is 11.0. The molecule has 0 bridgehead atoms. The number of para-hydroxylation sites is 2. The van der Waals surface area contributed by atoms with Crippen LogP contribution in [-0.4, -0.2) is 28.5 Å². The fourth-order valence-electron chi connectivity index (χ4n) is 2.62. The summed E-state index contributed by atoms with van der Waals surface area (Å²) in [5.41, 5.74) is 1.73. The number of carbonyl (C=O) groups excluding carboxylic acids is 2. The predicted octanol–water partition coefficient (Wildman–Crippen LogP) is 3.72.